The summed E-state index contributed by atoms with van der Waals surface area (Å²) in [4.78, 5) is 24.2. The summed E-state index contributed by atoms with van der Waals surface area (Å²) in [7, 11) is 0. The molecule has 30 heavy (non-hydrogen) atoms. The molecule has 2 amide bonds. The number of ether oxygens (including phenoxy) is 2. The lowest BCUT2D eigenvalue weighted by Gasteiger charge is -2.05. The zero-order valence-electron chi connectivity index (χ0n) is 15.0. The number of carbonyl (C=O) groups excluding carboxylic acids is 2. The van der Waals surface area contributed by atoms with Crippen LogP contribution in [0.15, 0.2) is 40.7 Å². The molecule has 0 radical (unpaired) electrons. The summed E-state index contributed by atoms with van der Waals surface area (Å²) >= 11 is 2.08. The SMILES string of the molecule is O=C(CSc1nnc(NC(=O)c2c(F)cccc2F)s1)Nc1ccc2c(c1)OCO2. The van der Waals surface area contributed by atoms with Crippen LogP contribution in [0, 0.1) is 11.6 Å². The molecule has 1 aliphatic rings. The van der Waals surface area contributed by atoms with E-state index in [0.717, 1.165) is 41.3 Å². The van der Waals surface area contributed by atoms with Crippen LogP contribution in [0.1, 0.15) is 10.4 Å². The number of aromatic nitrogens is 2. The number of rotatable bonds is 6. The van der Waals surface area contributed by atoms with Crippen LogP contribution < -0.4 is 20.1 Å². The third-order valence-electron chi connectivity index (χ3n) is 3.80. The van der Waals surface area contributed by atoms with Gasteiger partial charge in [-0.15, -0.1) is 10.2 Å². The highest BCUT2D eigenvalue weighted by molar-refractivity contribution is 8.01. The molecule has 154 valence electrons. The normalized spacial score (nSPS) is 11.9. The van der Waals surface area contributed by atoms with E-state index in [1.54, 1.807) is 18.2 Å². The number of carbonyl (C=O) groups is 2. The minimum atomic E-state index is -0.980. The van der Waals surface area contributed by atoms with E-state index in [1.807, 2.05) is 0 Å². The Bertz CT molecular complexity index is 1110. The molecule has 2 N–H and O–H groups in total. The van der Waals surface area contributed by atoms with Crippen molar-refractivity contribution in [1.82, 2.24) is 10.2 Å². The molecule has 0 fully saturated rings. The lowest BCUT2D eigenvalue weighted by atomic mass is 10.2. The quantitative estimate of drug-likeness (QED) is 0.438. The number of nitrogens with one attached hydrogen (secondary N) is 2. The van der Waals surface area contributed by atoms with Gasteiger partial charge in [0.25, 0.3) is 5.91 Å². The Kier molecular flexibility index (Phi) is 5.77. The van der Waals surface area contributed by atoms with Crippen molar-refractivity contribution in [3.05, 3.63) is 53.6 Å². The van der Waals surface area contributed by atoms with Crippen molar-refractivity contribution >= 4 is 45.7 Å². The van der Waals surface area contributed by atoms with Crippen molar-refractivity contribution < 1.29 is 27.8 Å². The van der Waals surface area contributed by atoms with Crippen LogP contribution in [0.4, 0.5) is 19.6 Å². The maximum Gasteiger partial charge on any atom is 0.263 e. The van der Waals surface area contributed by atoms with Gasteiger partial charge in [-0.05, 0) is 24.3 Å². The zero-order valence-corrected chi connectivity index (χ0v) is 16.6. The van der Waals surface area contributed by atoms with Crippen LogP contribution in [0.25, 0.3) is 0 Å². The van der Waals surface area contributed by atoms with Gasteiger partial charge in [0, 0.05) is 11.8 Å². The average molecular weight is 450 g/mol. The van der Waals surface area contributed by atoms with Crippen molar-refractivity contribution in [3.8, 4) is 11.5 Å². The summed E-state index contributed by atoms with van der Waals surface area (Å²) in [6.07, 6.45) is 0. The summed E-state index contributed by atoms with van der Waals surface area (Å²) in [5.41, 5.74) is -0.146. The Balaban J connectivity index is 1.31. The van der Waals surface area contributed by atoms with Crippen LogP contribution in [-0.4, -0.2) is 34.6 Å². The lowest BCUT2D eigenvalue weighted by molar-refractivity contribution is -0.113. The molecular weight excluding hydrogens is 438 g/mol. The maximum atomic E-state index is 13.7. The Morgan fingerprint density at radius 1 is 1.07 bits per heavy atom. The molecule has 0 saturated carbocycles. The van der Waals surface area contributed by atoms with Crippen molar-refractivity contribution in [3.63, 3.8) is 0 Å². The second-order valence-corrected chi connectivity index (χ2v) is 8.03. The van der Waals surface area contributed by atoms with E-state index in [4.69, 9.17) is 9.47 Å². The van der Waals surface area contributed by atoms with Crippen molar-refractivity contribution in [1.29, 1.82) is 0 Å². The number of benzene rings is 2. The van der Waals surface area contributed by atoms with Crippen molar-refractivity contribution in [2.75, 3.05) is 23.2 Å². The van der Waals surface area contributed by atoms with Crippen molar-refractivity contribution in [2.24, 2.45) is 0 Å². The first-order valence-corrected chi connectivity index (χ1v) is 10.2. The van der Waals surface area contributed by atoms with Crippen molar-refractivity contribution in [2.45, 2.75) is 4.34 Å². The molecule has 0 spiro atoms. The summed E-state index contributed by atoms with van der Waals surface area (Å²) in [6, 6.07) is 8.18. The summed E-state index contributed by atoms with van der Waals surface area (Å²) in [5.74, 6) is -2.01. The van der Waals surface area contributed by atoms with Crippen LogP contribution in [0.3, 0.4) is 0 Å². The van der Waals surface area contributed by atoms with E-state index in [2.05, 4.69) is 20.8 Å². The number of hydrogen-bond acceptors (Lipinski definition) is 8. The van der Waals surface area contributed by atoms with E-state index in [0.29, 0.717) is 21.5 Å². The van der Waals surface area contributed by atoms with E-state index in [9.17, 15) is 18.4 Å². The molecule has 0 aliphatic carbocycles. The predicted molar refractivity (Wildman–Crippen MR) is 106 cm³/mol. The van der Waals surface area contributed by atoms with E-state index in [-0.39, 0.29) is 23.6 Å². The van der Waals surface area contributed by atoms with Gasteiger partial charge in [-0.2, -0.15) is 0 Å². The monoisotopic (exact) mass is 450 g/mol. The second-order valence-electron chi connectivity index (χ2n) is 5.83. The molecule has 3 aromatic rings. The molecule has 0 atom stereocenters. The van der Waals surface area contributed by atoms with Crippen LogP contribution in [-0.2, 0) is 4.79 Å². The summed E-state index contributed by atoms with van der Waals surface area (Å²) < 4.78 is 38.2. The van der Waals surface area contributed by atoms with E-state index in [1.165, 1.54) is 0 Å². The Morgan fingerprint density at radius 3 is 2.63 bits per heavy atom. The number of anilines is 2. The number of amides is 2. The third kappa shape index (κ3) is 4.49. The fourth-order valence-corrected chi connectivity index (χ4v) is 4.04. The first kappa shape index (κ1) is 20.0. The number of fused-ring (bicyclic) bond motifs is 1. The molecule has 0 unspecified atom stereocenters. The molecule has 4 rings (SSSR count). The molecular formula is C18H12F2N4O4S2. The molecule has 2 aromatic carbocycles. The number of hydrogen-bond donors (Lipinski definition) is 2. The fraction of sp³-hybridized carbons (Fsp3) is 0.111. The van der Waals surface area contributed by atoms with Gasteiger partial charge in [-0.1, -0.05) is 29.2 Å². The Labute approximate surface area is 176 Å². The minimum absolute atomic E-state index is 0.0406. The predicted octanol–water partition coefficient (Wildman–Crippen LogP) is 3.53. The van der Waals surface area contributed by atoms with Gasteiger partial charge in [-0.3, -0.25) is 14.9 Å². The largest absolute Gasteiger partial charge is 0.454 e. The highest BCUT2D eigenvalue weighted by Gasteiger charge is 2.19. The fourth-order valence-electron chi connectivity index (χ4n) is 2.49. The molecule has 0 saturated heterocycles. The number of nitrogens with zero attached hydrogens (tertiary/aromatic N) is 2. The molecule has 1 aliphatic heterocycles. The van der Waals surface area contributed by atoms with Gasteiger partial charge in [-0.25, -0.2) is 8.78 Å². The first-order chi connectivity index (χ1) is 14.5. The molecule has 2 heterocycles. The van der Waals surface area contributed by atoms with E-state index >= 15 is 0 Å². The minimum Gasteiger partial charge on any atom is -0.454 e. The topological polar surface area (TPSA) is 102 Å². The lowest BCUT2D eigenvalue weighted by Crippen LogP contribution is -2.15. The summed E-state index contributed by atoms with van der Waals surface area (Å²) in [5, 5.41) is 12.7. The van der Waals surface area contributed by atoms with Gasteiger partial charge >= 0.3 is 0 Å². The van der Waals surface area contributed by atoms with Crippen LogP contribution in [0.5, 0.6) is 11.5 Å². The smallest absolute Gasteiger partial charge is 0.263 e. The first-order valence-electron chi connectivity index (χ1n) is 8.41. The Morgan fingerprint density at radius 2 is 1.83 bits per heavy atom. The highest BCUT2D eigenvalue weighted by Crippen LogP contribution is 2.34. The van der Waals surface area contributed by atoms with Crippen LogP contribution >= 0.6 is 23.1 Å². The summed E-state index contributed by atoms with van der Waals surface area (Å²) in [6.45, 7) is 0.141. The van der Waals surface area contributed by atoms with Crippen LogP contribution in [0.2, 0.25) is 0 Å². The van der Waals surface area contributed by atoms with Gasteiger partial charge in [0.15, 0.2) is 15.8 Å². The van der Waals surface area contributed by atoms with Gasteiger partial charge in [0.2, 0.25) is 17.8 Å². The molecule has 8 nitrogen and oxygen atoms in total. The highest BCUT2D eigenvalue weighted by atomic mass is 32.2. The number of thioether (sulfide) groups is 1. The van der Waals surface area contributed by atoms with E-state index < -0.39 is 23.1 Å². The molecule has 0 bridgehead atoms. The van der Waals surface area contributed by atoms with Gasteiger partial charge < -0.3 is 14.8 Å². The standard InChI is InChI=1S/C18H12F2N4O4S2/c19-10-2-1-3-11(20)15(10)16(26)22-17-23-24-18(30-17)29-7-14(25)21-9-4-5-12-13(6-9)28-8-27-12/h1-6H,7-8H2,(H,21,25)(H,22,23,26). The second kappa shape index (κ2) is 8.63. The Hall–Kier alpha value is -3.25. The van der Waals surface area contributed by atoms with Gasteiger partial charge in [0.1, 0.15) is 17.2 Å². The molecule has 1 aromatic heterocycles. The third-order valence-corrected chi connectivity index (χ3v) is 5.77. The van der Waals surface area contributed by atoms with Gasteiger partial charge in [0.05, 0.1) is 5.75 Å². The number of halogens is 2. The molecule has 12 heteroatoms. The zero-order chi connectivity index (χ0) is 21.1. The maximum absolute atomic E-state index is 13.7. The average Bonchev–Trinajstić information content (AvgIpc) is 3.35.